The molecular formula is C32H27N5O3. The Balaban J connectivity index is 1.30. The van der Waals surface area contributed by atoms with Crippen LogP contribution in [0.5, 0.6) is 5.75 Å². The molecule has 0 N–H and O–H groups in total. The van der Waals surface area contributed by atoms with Crippen molar-refractivity contribution in [2.75, 3.05) is 18.6 Å². The Morgan fingerprint density at radius 3 is 2.23 bits per heavy atom. The standard InChI is InChI=1S/C32H27N5O3/c1-40-27-14-12-23(13-15-27)22-37-30(38)17-19-36(32(37)39)29-21-33-28-20-26(16-18-35(28)29)34-31(24-8-4-2-5-9-24)25-10-6-3-7-11-25/h2-16,18,20-21H,17,19,22H2,1H3. The summed E-state index contributed by atoms with van der Waals surface area (Å²) in [5, 5.41) is 0. The third kappa shape index (κ3) is 4.94. The lowest BCUT2D eigenvalue weighted by molar-refractivity contribution is -0.129. The summed E-state index contributed by atoms with van der Waals surface area (Å²) < 4.78 is 7.06. The van der Waals surface area contributed by atoms with Crippen molar-refractivity contribution in [2.24, 2.45) is 4.99 Å². The Morgan fingerprint density at radius 1 is 0.900 bits per heavy atom. The molecule has 0 saturated carbocycles. The minimum atomic E-state index is -0.369. The Kier molecular flexibility index (Phi) is 6.80. The van der Waals surface area contributed by atoms with E-state index in [1.54, 1.807) is 18.2 Å². The van der Waals surface area contributed by atoms with Gasteiger partial charge in [0.2, 0.25) is 5.91 Å². The first-order chi connectivity index (χ1) is 19.6. The normalized spacial score (nSPS) is 13.5. The van der Waals surface area contributed by atoms with Crippen LogP contribution in [-0.2, 0) is 11.3 Å². The van der Waals surface area contributed by atoms with Crippen molar-refractivity contribution in [1.29, 1.82) is 0 Å². The second kappa shape index (κ2) is 10.9. The van der Waals surface area contributed by atoms with Crippen LogP contribution in [0.2, 0.25) is 0 Å². The summed E-state index contributed by atoms with van der Waals surface area (Å²) in [6.07, 6.45) is 3.76. The van der Waals surface area contributed by atoms with Crippen LogP contribution in [0.4, 0.5) is 16.3 Å². The van der Waals surface area contributed by atoms with Gasteiger partial charge in [-0.2, -0.15) is 0 Å². The van der Waals surface area contributed by atoms with E-state index in [0.717, 1.165) is 33.8 Å². The summed E-state index contributed by atoms with van der Waals surface area (Å²) in [7, 11) is 1.60. The Morgan fingerprint density at radius 2 is 1.57 bits per heavy atom. The van der Waals surface area contributed by atoms with Gasteiger partial charge in [-0.1, -0.05) is 72.8 Å². The molecule has 6 rings (SSSR count). The van der Waals surface area contributed by atoms with Crippen molar-refractivity contribution in [3.63, 3.8) is 0 Å². The van der Waals surface area contributed by atoms with Crippen LogP contribution in [0.25, 0.3) is 5.65 Å². The van der Waals surface area contributed by atoms with Crippen molar-refractivity contribution < 1.29 is 14.3 Å². The zero-order valence-electron chi connectivity index (χ0n) is 22.0. The monoisotopic (exact) mass is 529 g/mol. The van der Waals surface area contributed by atoms with E-state index >= 15 is 0 Å². The van der Waals surface area contributed by atoms with E-state index in [1.807, 2.05) is 108 Å². The van der Waals surface area contributed by atoms with E-state index in [4.69, 9.17) is 9.73 Å². The second-order valence-corrected chi connectivity index (χ2v) is 9.43. The van der Waals surface area contributed by atoms with Crippen LogP contribution in [0.15, 0.2) is 114 Å². The largest absolute Gasteiger partial charge is 0.497 e. The fourth-order valence-corrected chi connectivity index (χ4v) is 4.81. The molecule has 0 unspecified atom stereocenters. The van der Waals surface area contributed by atoms with E-state index in [0.29, 0.717) is 11.5 Å². The zero-order valence-corrected chi connectivity index (χ0v) is 22.0. The SMILES string of the molecule is COc1ccc(CN2C(=O)CCN(c3cnc4cc(N=C(c5ccccc5)c5ccccc5)ccn34)C2=O)cc1. The number of anilines is 1. The molecule has 1 aliphatic heterocycles. The number of methoxy groups -OCH3 is 1. The molecule has 0 bridgehead atoms. The van der Waals surface area contributed by atoms with Crippen LogP contribution >= 0.6 is 0 Å². The minimum absolute atomic E-state index is 0.190. The lowest BCUT2D eigenvalue weighted by atomic mass is 10.0. The molecule has 1 fully saturated rings. The molecule has 0 aliphatic carbocycles. The molecule has 198 valence electrons. The number of urea groups is 1. The van der Waals surface area contributed by atoms with Gasteiger partial charge in [-0.25, -0.2) is 14.8 Å². The van der Waals surface area contributed by atoms with Crippen molar-refractivity contribution in [3.8, 4) is 5.75 Å². The Hall–Kier alpha value is -5.24. The second-order valence-electron chi connectivity index (χ2n) is 9.43. The summed E-state index contributed by atoms with van der Waals surface area (Å²) in [6, 6.07) is 30.9. The summed E-state index contributed by atoms with van der Waals surface area (Å²) >= 11 is 0. The van der Waals surface area contributed by atoms with Gasteiger partial charge in [-0.15, -0.1) is 0 Å². The van der Waals surface area contributed by atoms with Gasteiger partial charge in [-0.05, 0) is 23.8 Å². The summed E-state index contributed by atoms with van der Waals surface area (Å²) in [5.41, 5.74) is 5.13. The number of aromatic nitrogens is 2. The van der Waals surface area contributed by atoms with Gasteiger partial charge in [0, 0.05) is 36.4 Å². The number of imide groups is 1. The van der Waals surface area contributed by atoms with Crippen molar-refractivity contribution in [3.05, 3.63) is 126 Å². The molecule has 2 aromatic heterocycles. The fourth-order valence-electron chi connectivity index (χ4n) is 4.81. The average Bonchev–Trinajstić information content (AvgIpc) is 3.42. The number of aliphatic imine (C=N–C) groups is 1. The summed E-state index contributed by atoms with van der Waals surface area (Å²) in [4.78, 5) is 38.6. The number of carbonyl (C=O) groups excluding carboxylic acids is 2. The first kappa shape index (κ1) is 25.1. The number of hydrogen-bond donors (Lipinski definition) is 0. The van der Waals surface area contributed by atoms with Crippen molar-refractivity contribution in [1.82, 2.24) is 14.3 Å². The molecule has 3 amide bonds. The van der Waals surface area contributed by atoms with Crippen LogP contribution in [-0.4, -0.2) is 45.6 Å². The maximum Gasteiger partial charge on any atom is 0.332 e. The highest BCUT2D eigenvalue weighted by Gasteiger charge is 2.34. The van der Waals surface area contributed by atoms with E-state index in [1.165, 1.54) is 4.90 Å². The van der Waals surface area contributed by atoms with Gasteiger partial charge in [-0.3, -0.25) is 19.0 Å². The highest BCUT2D eigenvalue weighted by atomic mass is 16.5. The number of imidazole rings is 1. The number of nitrogens with zero attached hydrogens (tertiary/aromatic N) is 5. The third-order valence-corrected chi connectivity index (χ3v) is 6.90. The Bertz CT molecular complexity index is 1650. The van der Waals surface area contributed by atoms with Crippen LogP contribution < -0.4 is 9.64 Å². The molecule has 1 saturated heterocycles. The van der Waals surface area contributed by atoms with Crippen molar-refractivity contribution in [2.45, 2.75) is 13.0 Å². The first-order valence-corrected chi connectivity index (χ1v) is 13.0. The predicted molar refractivity (Wildman–Crippen MR) is 154 cm³/mol. The molecule has 1 aliphatic rings. The van der Waals surface area contributed by atoms with Gasteiger partial charge in [0.25, 0.3) is 0 Å². The highest BCUT2D eigenvalue weighted by molar-refractivity contribution is 6.14. The molecule has 0 radical (unpaired) electrons. The van der Waals surface area contributed by atoms with Crippen LogP contribution in [0, 0.1) is 0 Å². The molecule has 0 spiro atoms. The fraction of sp³-hybridized carbons (Fsp3) is 0.125. The number of ether oxygens (including phenoxy) is 1. The smallest absolute Gasteiger partial charge is 0.332 e. The van der Waals surface area contributed by atoms with Crippen LogP contribution in [0.3, 0.4) is 0 Å². The predicted octanol–water partition coefficient (Wildman–Crippen LogP) is 5.87. The quantitative estimate of drug-likeness (QED) is 0.247. The van der Waals surface area contributed by atoms with Gasteiger partial charge in [0.05, 0.1) is 31.3 Å². The molecule has 3 heterocycles. The third-order valence-electron chi connectivity index (χ3n) is 6.90. The average molecular weight is 530 g/mol. The molecule has 40 heavy (non-hydrogen) atoms. The number of fused-ring (bicyclic) bond motifs is 1. The van der Waals surface area contributed by atoms with Crippen molar-refractivity contribution >= 4 is 34.8 Å². The van der Waals surface area contributed by atoms with E-state index < -0.39 is 0 Å². The number of pyridine rings is 1. The van der Waals surface area contributed by atoms with Gasteiger partial charge in [0.15, 0.2) is 0 Å². The molecule has 0 atom stereocenters. The van der Waals surface area contributed by atoms with E-state index in [9.17, 15) is 9.59 Å². The summed E-state index contributed by atoms with van der Waals surface area (Å²) in [6.45, 7) is 0.478. The van der Waals surface area contributed by atoms with E-state index in [2.05, 4.69) is 4.98 Å². The van der Waals surface area contributed by atoms with Gasteiger partial charge in [0.1, 0.15) is 17.2 Å². The Labute approximate surface area is 231 Å². The number of amides is 3. The first-order valence-electron chi connectivity index (χ1n) is 13.0. The van der Waals surface area contributed by atoms with Crippen LogP contribution in [0.1, 0.15) is 23.1 Å². The lowest BCUT2D eigenvalue weighted by Crippen LogP contribution is -2.52. The number of carbonyl (C=O) groups is 2. The van der Waals surface area contributed by atoms with E-state index in [-0.39, 0.29) is 31.4 Å². The molecule has 5 aromatic rings. The topological polar surface area (TPSA) is 79.5 Å². The van der Waals surface area contributed by atoms with Gasteiger partial charge >= 0.3 is 6.03 Å². The highest BCUT2D eigenvalue weighted by Crippen LogP contribution is 2.27. The number of benzene rings is 3. The minimum Gasteiger partial charge on any atom is -0.497 e. The molecule has 8 heteroatoms. The maximum atomic E-state index is 13.5. The molecular weight excluding hydrogens is 502 g/mol. The molecule has 8 nitrogen and oxygen atoms in total. The number of hydrogen-bond acceptors (Lipinski definition) is 5. The maximum absolute atomic E-state index is 13.5. The summed E-state index contributed by atoms with van der Waals surface area (Å²) in [5.74, 6) is 1.13. The molecule has 3 aromatic carbocycles. The number of rotatable bonds is 7. The van der Waals surface area contributed by atoms with Gasteiger partial charge < -0.3 is 4.74 Å². The zero-order chi connectivity index (χ0) is 27.5. The lowest BCUT2D eigenvalue weighted by Gasteiger charge is -2.33.